The van der Waals surface area contributed by atoms with E-state index in [1.165, 1.54) is 24.3 Å². The highest BCUT2D eigenvalue weighted by Gasteiger charge is 2.36. The molecule has 3 rings (SSSR count). The molecular weight excluding hydrogens is 336 g/mol. The van der Waals surface area contributed by atoms with Gasteiger partial charge in [-0.1, -0.05) is 31.2 Å². The van der Waals surface area contributed by atoms with E-state index in [2.05, 4.69) is 0 Å². The Morgan fingerprint density at radius 1 is 1.00 bits per heavy atom. The molecule has 2 atom stereocenters. The van der Waals surface area contributed by atoms with E-state index in [0.717, 1.165) is 24.0 Å². The molecule has 1 saturated heterocycles. The summed E-state index contributed by atoms with van der Waals surface area (Å²) in [5.74, 6) is -0.585. The Labute approximate surface area is 152 Å². The number of rotatable bonds is 7. The zero-order valence-corrected chi connectivity index (χ0v) is 14.8. The number of ether oxygens (including phenoxy) is 1. The van der Waals surface area contributed by atoms with Gasteiger partial charge in [-0.05, 0) is 48.2 Å². The lowest BCUT2D eigenvalue weighted by Gasteiger charge is -2.35. The highest BCUT2D eigenvalue weighted by Crippen LogP contribution is 2.39. The molecule has 0 spiro atoms. The number of hydrogen-bond donors (Lipinski definition) is 0. The van der Waals surface area contributed by atoms with Crippen LogP contribution >= 0.6 is 0 Å². The third-order valence-corrected chi connectivity index (χ3v) is 4.64. The number of nitrogens with zero attached hydrogens (tertiary/aromatic N) is 1. The number of likely N-dealkylation sites (tertiary alicyclic amines) is 1. The minimum Gasteiger partial charge on any atom is -0.371 e. The van der Waals surface area contributed by atoms with E-state index in [1.807, 2.05) is 6.92 Å². The molecule has 1 aliphatic rings. The average Bonchev–Trinajstić information content (AvgIpc) is 3.06. The Hall–Kier alpha value is -2.27. The first-order valence-corrected chi connectivity index (χ1v) is 9.02. The molecule has 0 N–H and O–H groups in total. The van der Waals surface area contributed by atoms with Crippen LogP contribution < -0.4 is 0 Å². The Bertz CT molecular complexity index is 731. The third kappa shape index (κ3) is 4.10. The first-order valence-electron chi connectivity index (χ1n) is 9.02. The number of carbonyl (C=O) groups is 1. The number of hydrogen-bond acceptors (Lipinski definition) is 2. The van der Waals surface area contributed by atoms with Crippen LogP contribution in [0.25, 0.3) is 0 Å². The second kappa shape index (κ2) is 8.41. The zero-order chi connectivity index (χ0) is 18.5. The molecule has 2 aromatic rings. The quantitative estimate of drug-likeness (QED) is 0.711. The molecule has 5 heteroatoms. The van der Waals surface area contributed by atoms with Crippen LogP contribution in [0.4, 0.5) is 8.78 Å². The molecule has 1 heterocycles. The molecule has 1 aliphatic heterocycles. The number of halogens is 2. The molecular formula is C21H23F2NO2. The molecule has 0 aromatic heterocycles. The summed E-state index contributed by atoms with van der Waals surface area (Å²) in [7, 11) is 0. The summed E-state index contributed by atoms with van der Waals surface area (Å²) >= 11 is 0. The maximum Gasteiger partial charge on any atom is 0.223 e. The van der Waals surface area contributed by atoms with Crippen molar-refractivity contribution >= 4 is 5.91 Å². The monoisotopic (exact) mass is 359 g/mol. The number of carbonyl (C=O) groups excluding carboxylic acids is 1. The molecule has 2 aromatic carbocycles. The van der Waals surface area contributed by atoms with E-state index >= 15 is 0 Å². The van der Waals surface area contributed by atoms with E-state index in [1.54, 1.807) is 29.2 Å². The maximum absolute atomic E-state index is 13.4. The Morgan fingerprint density at radius 3 is 2.08 bits per heavy atom. The summed E-state index contributed by atoms with van der Waals surface area (Å²) in [6.07, 6.45) is 1.67. The number of amides is 1. The van der Waals surface area contributed by atoms with Crippen LogP contribution in [-0.2, 0) is 9.53 Å². The van der Waals surface area contributed by atoms with Crippen molar-refractivity contribution in [2.45, 2.75) is 38.3 Å². The van der Waals surface area contributed by atoms with Crippen molar-refractivity contribution in [3.05, 3.63) is 71.3 Å². The van der Waals surface area contributed by atoms with Crippen LogP contribution in [0.2, 0.25) is 0 Å². The summed E-state index contributed by atoms with van der Waals surface area (Å²) < 4.78 is 32.9. The Kier molecular flexibility index (Phi) is 5.99. The normalized spacial score (nSPS) is 16.7. The SMILES string of the molecule is CCCO[C@@H](c1ccc(F)cc1)[C@H](c1ccc(F)cc1)N1CCCC1=O. The van der Waals surface area contributed by atoms with Crippen molar-refractivity contribution in [2.24, 2.45) is 0 Å². The van der Waals surface area contributed by atoms with Gasteiger partial charge in [-0.25, -0.2) is 8.78 Å². The molecule has 0 bridgehead atoms. The molecule has 26 heavy (non-hydrogen) atoms. The predicted molar refractivity (Wildman–Crippen MR) is 95.5 cm³/mol. The van der Waals surface area contributed by atoms with Gasteiger partial charge in [-0.15, -0.1) is 0 Å². The van der Waals surface area contributed by atoms with E-state index in [4.69, 9.17) is 4.74 Å². The average molecular weight is 359 g/mol. The molecule has 3 nitrogen and oxygen atoms in total. The summed E-state index contributed by atoms with van der Waals surface area (Å²) in [5, 5.41) is 0. The highest BCUT2D eigenvalue weighted by molar-refractivity contribution is 5.78. The molecule has 0 aliphatic carbocycles. The zero-order valence-electron chi connectivity index (χ0n) is 14.8. The predicted octanol–water partition coefficient (Wildman–Crippen LogP) is 4.80. The molecule has 0 unspecified atom stereocenters. The van der Waals surface area contributed by atoms with Crippen molar-refractivity contribution in [3.63, 3.8) is 0 Å². The van der Waals surface area contributed by atoms with Gasteiger partial charge in [-0.2, -0.15) is 0 Å². The fourth-order valence-corrected chi connectivity index (χ4v) is 3.41. The molecule has 1 fully saturated rings. The van der Waals surface area contributed by atoms with Crippen LogP contribution in [0.3, 0.4) is 0 Å². The van der Waals surface area contributed by atoms with Gasteiger partial charge < -0.3 is 9.64 Å². The van der Waals surface area contributed by atoms with Gasteiger partial charge in [0.25, 0.3) is 0 Å². The van der Waals surface area contributed by atoms with Gasteiger partial charge in [0.2, 0.25) is 5.91 Å². The minimum absolute atomic E-state index is 0.0616. The van der Waals surface area contributed by atoms with Crippen molar-refractivity contribution in [3.8, 4) is 0 Å². The van der Waals surface area contributed by atoms with E-state index in [-0.39, 0.29) is 23.6 Å². The summed E-state index contributed by atoms with van der Waals surface area (Å²) in [5.41, 5.74) is 1.61. The second-order valence-corrected chi connectivity index (χ2v) is 6.53. The van der Waals surface area contributed by atoms with Crippen molar-refractivity contribution in [1.82, 2.24) is 4.90 Å². The standard InChI is InChI=1S/C21H23F2NO2/c1-2-14-26-21(16-7-11-18(23)12-8-16)20(24-13-3-4-19(24)25)15-5-9-17(22)10-6-15/h5-12,20-21H,2-4,13-14H2,1H3/t20-,21-/m0/s1. The highest BCUT2D eigenvalue weighted by atomic mass is 19.1. The van der Waals surface area contributed by atoms with Gasteiger partial charge in [0.15, 0.2) is 0 Å². The van der Waals surface area contributed by atoms with Gasteiger partial charge in [0.1, 0.15) is 17.7 Å². The van der Waals surface area contributed by atoms with Crippen molar-refractivity contribution in [2.75, 3.05) is 13.2 Å². The maximum atomic E-state index is 13.4. The van der Waals surface area contributed by atoms with Gasteiger partial charge in [-0.3, -0.25) is 4.79 Å². The fraction of sp³-hybridized carbons (Fsp3) is 0.381. The van der Waals surface area contributed by atoms with E-state index in [9.17, 15) is 13.6 Å². The molecule has 138 valence electrons. The molecule has 0 radical (unpaired) electrons. The van der Waals surface area contributed by atoms with Gasteiger partial charge in [0, 0.05) is 19.6 Å². The first kappa shape index (κ1) is 18.5. The largest absolute Gasteiger partial charge is 0.371 e. The van der Waals surface area contributed by atoms with E-state index < -0.39 is 6.10 Å². The van der Waals surface area contributed by atoms with Gasteiger partial charge >= 0.3 is 0 Å². The van der Waals surface area contributed by atoms with Crippen LogP contribution in [0.15, 0.2) is 48.5 Å². The fourth-order valence-electron chi connectivity index (χ4n) is 3.41. The first-order chi connectivity index (χ1) is 12.6. The summed E-state index contributed by atoms with van der Waals surface area (Å²) in [6, 6.07) is 12.0. The number of benzene rings is 2. The van der Waals surface area contributed by atoms with Crippen molar-refractivity contribution in [1.29, 1.82) is 0 Å². The Balaban J connectivity index is 2.03. The lowest BCUT2D eigenvalue weighted by atomic mass is 9.94. The molecule has 0 saturated carbocycles. The third-order valence-electron chi connectivity index (χ3n) is 4.64. The van der Waals surface area contributed by atoms with Crippen molar-refractivity contribution < 1.29 is 18.3 Å². The Morgan fingerprint density at radius 2 is 1.58 bits per heavy atom. The lowest BCUT2D eigenvalue weighted by molar-refractivity contribution is -0.133. The lowest BCUT2D eigenvalue weighted by Crippen LogP contribution is -2.35. The minimum atomic E-state index is -0.442. The van der Waals surface area contributed by atoms with Gasteiger partial charge in [0.05, 0.1) is 6.04 Å². The van der Waals surface area contributed by atoms with Crippen LogP contribution in [-0.4, -0.2) is 24.0 Å². The van der Waals surface area contributed by atoms with E-state index in [0.29, 0.717) is 19.6 Å². The van der Waals surface area contributed by atoms with Crippen LogP contribution in [0.1, 0.15) is 49.5 Å². The summed E-state index contributed by atoms with van der Waals surface area (Å²) in [4.78, 5) is 14.3. The summed E-state index contributed by atoms with van der Waals surface area (Å²) in [6.45, 7) is 3.16. The second-order valence-electron chi connectivity index (χ2n) is 6.53. The van der Waals surface area contributed by atoms with Crippen LogP contribution in [0.5, 0.6) is 0 Å². The smallest absolute Gasteiger partial charge is 0.223 e. The molecule has 1 amide bonds. The van der Waals surface area contributed by atoms with Crippen LogP contribution in [0, 0.1) is 11.6 Å². The topological polar surface area (TPSA) is 29.5 Å².